The van der Waals surface area contributed by atoms with Crippen molar-refractivity contribution in [2.45, 2.75) is 25.8 Å². The summed E-state index contributed by atoms with van der Waals surface area (Å²) >= 11 is 0. The Labute approximate surface area is 159 Å². The highest BCUT2D eigenvalue weighted by Gasteiger charge is 2.19. The number of fused-ring (bicyclic) bond motifs is 1. The lowest BCUT2D eigenvalue weighted by molar-refractivity contribution is -0.131. The third-order valence-corrected chi connectivity index (χ3v) is 5.11. The second-order valence-electron chi connectivity index (χ2n) is 7.07. The Morgan fingerprint density at radius 1 is 1.04 bits per heavy atom. The summed E-state index contributed by atoms with van der Waals surface area (Å²) in [5.74, 6) is 1.11. The standard InChI is InChI=1S/C21H25N5O/c27-21(7-6-20-23-18-4-1-2-5-19(18)24-20)26-13-3-12-25(14-15-26)16-17-8-10-22-11-9-17/h1-2,4-5,8-11H,3,6-7,12-16H2,(H,23,24). The van der Waals surface area contributed by atoms with Crippen LogP contribution in [0.2, 0.25) is 0 Å². The van der Waals surface area contributed by atoms with Crippen LogP contribution in [0.3, 0.4) is 0 Å². The Morgan fingerprint density at radius 3 is 2.74 bits per heavy atom. The van der Waals surface area contributed by atoms with Crippen LogP contribution >= 0.6 is 0 Å². The number of pyridine rings is 1. The lowest BCUT2D eigenvalue weighted by Crippen LogP contribution is -2.35. The maximum absolute atomic E-state index is 12.7. The highest BCUT2D eigenvalue weighted by Crippen LogP contribution is 2.13. The van der Waals surface area contributed by atoms with Gasteiger partial charge in [-0.1, -0.05) is 12.1 Å². The Morgan fingerprint density at radius 2 is 1.89 bits per heavy atom. The predicted octanol–water partition coefficient (Wildman–Crippen LogP) is 2.63. The fourth-order valence-electron chi connectivity index (χ4n) is 3.63. The van der Waals surface area contributed by atoms with E-state index in [0.29, 0.717) is 12.8 Å². The molecule has 0 aliphatic carbocycles. The molecule has 27 heavy (non-hydrogen) atoms. The normalized spacial score (nSPS) is 15.8. The van der Waals surface area contributed by atoms with Gasteiger partial charge >= 0.3 is 0 Å². The van der Waals surface area contributed by atoms with E-state index in [1.807, 2.05) is 41.6 Å². The first-order chi connectivity index (χ1) is 13.3. The third kappa shape index (κ3) is 4.52. The van der Waals surface area contributed by atoms with Crippen molar-refractivity contribution in [2.24, 2.45) is 0 Å². The average molecular weight is 363 g/mol. The summed E-state index contributed by atoms with van der Waals surface area (Å²) in [6.45, 7) is 4.49. The van der Waals surface area contributed by atoms with Crippen molar-refractivity contribution in [1.29, 1.82) is 0 Å². The Balaban J connectivity index is 1.28. The van der Waals surface area contributed by atoms with Gasteiger partial charge in [0.05, 0.1) is 11.0 Å². The summed E-state index contributed by atoms with van der Waals surface area (Å²) in [5, 5.41) is 0. The van der Waals surface area contributed by atoms with Crippen molar-refractivity contribution in [3.8, 4) is 0 Å². The maximum atomic E-state index is 12.7. The topological polar surface area (TPSA) is 65.1 Å². The number of carbonyl (C=O) groups is 1. The molecule has 1 amide bonds. The summed E-state index contributed by atoms with van der Waals surface area (Å²) in [6.07, 6.45) is 5.85. The van der Waals surface area contributed by atoms with Gasteiger partial charge < -0.3 is 9.88 Å². The molecule has 1 aliphatic rings. The molecule has 0 spiro atoms. The van der Waals surface area contributed by atoms with E-state index in [0.717, 1.165) is 56.0 Å². The number of benzene rings is 1. The van der Waals surface area contributed by atoms with Gasteiger partial charge in [-0.15, -0.1) is 0 Å². The lowest BCUT2D eigenvalue weighted by atomic mass is 10.2. The van der Waals surface area contributed by atoms with Crippen molar-refractivity contribution in [3.05, 3.63) is 60.2 Å². The first-order valence-electron chi connectivity index (χ1n) is 9.60. The SMILES string of the molecule is O=C(CCc1nc2ccccc2[nH]1)N1CCCN(Cc2ccncc2)CC1. The minimum absolute atomic E-state index is 0.223. The molecule has 0 atom stereocenters. The van der Waals surface area contributed by atoms with Crippen molar-refractivity contribution in [1.82, 2.24) is 24.8 Å². The van der Waals surface area contributed by atoms with Crippen molar-refractivity contribution >= 4 is 16.9 Å². The molecule has 1 fully saturated rings. The Hall–Kier alpha value is -2.73. The average Bonchev–Trinajstić information content (AvgIpc) is 2.98. The van der Waals surface area contributed by atoms with E-state index in [4.69, 9.17) is 0 Å². The molecular weight excluding hydrogens is 338 g/mol. The fourth-order valence-corrected chi connectivity index (χ4v) is 3.63. The summed E-state index contributed by atoms with van der Waals surface area (Å²) in [7, 11) is 0. The quantitative estimate of drug-likeness (QED) is 0.757. The van der Waals surface area contributed by atoms with Gasteiger partial charge in [-0.3, -0.25) is 14.7 Å². The largest absolute Gasteiger partial charge is 0.342 e. The molecule has 6 nitrogen and oxygen atoms in total. The molecule has 6 heteroatoms. The molecule has 4 rings (SSSR count). The van der Waals surface area contributed by atoms with E-state index in [2.05, 4.69) is 32.0 Å². The molecule has 0 bridgehead atoms. The van der Waals surface area contributed by atoms with Gasteiger partial charge in [0, 0.05) is 58.0 Å². The molecule has 140 valence electrons. The minimum atomic E-state index is 0.223. The number of aryl methyl sites for hydroxylation is 1. The maximum Gasteiger partial charge on any atom is 0.223 e. The van der Waals surface area contributed by atoms with Crippen molar-refractivity contribution in [2.75, 3.05) is 26.2 Å². The second kappa shape index (κ2) is 8.31. The van der Waals surface area contributed by atoms with E-state index in [9.17, 15) is 4.79 Å². The summed E-state index contributed by atoms with van der Waals surface area (Å²) in [6, 6.07) is 12.1. The van der Waals surface area contributed by atoms with E-state index >= 15 is 0 Å². The molecule has 0 saturated carbocycles. The monoisotopic (exact) mass is 363 g/mol. The fraction of sp³-hybridized carbons (Fsp3) is 0.381. The van der Waals surface area contributed by atoms with E-state index in [1.54, 1.807) is 0 Å². The van der Waals surface area contributed by atoms with Gasteiger partial charge in [0.1, 0.15) is 5.82 Å². The number of rotatable bonds is 5. The first-order valence-corrected chi connectivity index (χ1v) is 9.60. The molecule has 0 unspecified atom stereocenters. The molecule has 3 heterocycles. The zero-order valence-corrected chi connectivity index (χ0v) is 15.5. The number of nitrogens with one attached hydrogen (secondary N) is 1. The molecule has 2 aromatic heterocycles. The zero-order valence-electron chi connectivity index (χ0n) is 15.5. The van der Waals surface area contributed by atoms with Crippen LogP contribution < -0.4 is 0 Å². The smallest absolute Gasteiger partial charge is 0.223 e. The number of aromatic nitrogens is 3. The number of carbonyl (C=O) groups excluding carboxylic acids is 1. The molecule has 3 aromatic rings. The zero-order chi connectivity index (χ0) is 18.5. The van der Waals surface area contributed by atoms with Gasteiger partial charge in [0.25, 0.3) is 0 Å². The number of para-hydroxylation sites is 2. The van der Waals surface area contributed by atoms with Gasteiger partial charge in [0.15, 0.2) is 0 Å². The molecule has 1 saturated heterocycles. The number of amides is 1. The van der Waals surface area contributed by atoms with Gasteiger partial charge in [-0.25, -0.2) is 4.98 Å². The van der Waals surface area contributed by atoms with Crippen molar-refractivity contribution in [3.63, 3.8) is 0 Å². The van der Waals surface area contributed by atoms with Crippen LogP contribution in [0.15, 0.2) is 48.8 Å². The molecule has 1 aliphatic heterocycles. The number of hydrogen-bond acceptors (Lipinski definition) is 4. The number of aromatic amines is 1. The summed E-state index contributed by atoms with van der Waals surface area (Å²) in [5.41, 5.74) is 3.26. The van der Waals surface area contributed by atoms with Crippen LogP contribution in [-0.4, -0.2) is 56.8 Å². The Kier molecular flexibility index (Phi) is 5.44. The van der Waals surface area contributed by atoms with E-state index in [-0.39, 0.29) is 5.91 Å². The molecule has 0 radical (unpaired) electrons. The van der Waals surface area contributed by atoms with Gasteiger partial charge in [-0.2, -0.15) is 0 Å². The van der Waals surface area contributed by atoms with E-state index in [1.165, 1.54) is 5.56 Å². The molecular formula is C21H25N5O. The van der Waals surface area contributed by atoms with Crippen LogP contribution in [0.5, 0.6) is 0 Å². The number of hydrogen-bond donors (Lipinski definition) is 1. The van der Waals surface area contributed by atoms with Crippen LogP contribution in [0.4, 0.5) is 0 Å². The van der Waals surface area contributed by atoms with E-state index < -0.39 is 0 Å². The highest BCUT2D eigenvalue weighted by atomic mass is 16.2. The third-order valence-electron chi connectivity index (χ3n) is 5.11. The van der Waals surface area contributed by atoms with Gasteiger partial charge in [0.2, 0.25) is 5.91 Å². The number of imidazole rings is 1. The highest BCUT2D eigenvalue weighted by molar-refractivity contribution is 5.77. The number of nitrogens with zero attached hydrogens (tertiary/aromatic N) is 4. The molecule has 1 aromatic carbocycles. The predicted molar refractivity (Wildman–Crippen MR) is 105 cm³/mol. The second-order valence-corrected chi connectivity index (χ2v) is 7.07. The van der Waals surface area contributed by atoms with Gasteiger partial charge in [-0.05, 0) is 36.2 Å². The minimum Gasteiger partial charge on any atom is -0.342 e. The molecule has 1 N–H and O–H groups in total. The lowest BCUT2D eigenvalue weighted by Gasteiger charge is -2.22. The summed E-state index contributed by atoms with van der Waals surface area (Å²) in [4.78, 5) is 29.0. The van der Waals surface area contributed by atoms with Crippen LogP contribution in [0.1, 0.15) is 24.2 Å². The Bertz CT molecular complexity index is 859. The summed E-state index contributed by atoms with van der Waals surface area (Å²) < 4.78 is 0. The van der Waals surface area contributed by atoms with Crippen LogP contribution in [-0.2, 0) is 17.8 Å². The van der Waals surface area contributed by atoms with Crippen LogP contribution in [0.25, 0.3) is 11.0 Å². The van der Waals surface area contributed by atoms with Crippen LogP contribution in [0, 0.1) is 0 Å². The first kappa shape index (κ1) is 17.7. The van der Waals surface area contributed by atoms with Crippen molar-refractivity contribution < 1.29 is 4.79 Å². The number of H-pyrrole nitrogens is 1.